The molecular weight excluding hydrogens is 326 g/mol. The molecule has 1 aliphatic carbocycles. The van der Waals surface area contributed by atoms with Crippen molar-refractivity contribution >= 4 is 15.9 Å². The molecule has 3 heteroatoms. The van der Waals surface area contributed by atoms with Gasteiger partial charge < -0.3 is 10.1 Å². The number of hydrogen-bond donors (Lipinski definition) is 1. The number of nitrogens with one attached hydrogen (secondary N) is 1. The summed E-state index contributed by atoms with van der Waals surface area (Å²) in [4.78, 5) is 0. The normalized spacial score (nSPS) is 18.1. The fourth-order valence-electron chi connectivity index (χ4n) is 2.82. The van der Waals surface area contributed by atoms with Crippen LogP contribution in [0.15, 0.2) is 28.7 Å². The molecule has 1 saturated carbocycles. The largest absolute Gasteiger partial charge is 0.372 e. The van der Waals surface area contributed by atoms with Crippen LogP contribution in [0.3, 0.4) is 0 Å². The van der Waals surface area contributed by atoms with Crippen molar-refractivity contribution in [2.24, 2.45) is 5.92 Å². The predicted octanol–water partition coefficient (Wildman–Crippen LogP) is 5.09. The fraction of sp³-hybridized carbons (Fsp3) is 0.667. The van der Waals surface area contributed by atoms with Gasteiger partial charge in [-0.05, 0) is 51.2 Å². The van der Waals surface area contributed by atoms with E-state index in [1.165, 1.54) is 31.2 Å². The third kappa shape index (κ3) is 5.72. The van der Waals surface area contributed by atoms with Crippen LogP contribution in [-0.4, -0.2) is 18.7 Å². The molecule has 1 fully saturated rings. The molecule has 0 heterocycles. The van der Waals surface area contributed by atoms with Crippen LogP contribution < -0.4 is 5.32 Å². The molecule has 0 spiro atoms. The lowest BCUT2D eigenvalue weighted by Crippen LogP contribution is -2.39. The van der Waals surface area contributed by atoms with Crippen LogP contribution in [0, 0.1) is 5.92 Å². The van der Waals surface area contributed by atoms with E-state index < -0.39 is 0 Å². The summed E-state index contributed by atoms with van der Waals surface area (Å²) in [5.74, 6) is 0.754. The molecule has 1 unspecified atom stereocenters. The Morgan fingerprint density at radius 2 is 1.90 bits per heavy atom. The molecule has 0 amide bonds. The summed E-state index contributed by atoms with van der Waals surface area (Å²) in [6, 6.07) is 8.40. The molecule has 1 atom stereocenters. The summed E-state index contributed by atoms with van der Waals surface area (Å²) in [7, 11) is 0. The molecule has 1 aliphatic rings. The third-order valence-electron chi connectivity index (χ3n) is 4.08. The van der Waals surface area contributed by atoms with Crippen LogP contribution in [0.2, 0.25) is 0 Å². The lowest BCUT2D eigenvalue weighted by atomic mass is 10.1. The maximum atomic E-state index is 6.30. The van der Waals surface area contributed by atoms with Crippen molar-refractivity contribution < 1.29 is 4.74 Å². The van der Waals surface area contributed by atoms with E-state index >= 15 is 0 Å². The number of hydrogen-bond acceptors (Lipinski definition) is 2. The third-order valence-corrected chi connectivity index (χ3v) is 4.80. The van der Waals surface area contributed by atoms with Gasteiger partial charge in [0.15, 0.2) is 0 Å². The minimum atomic E-state index is 0.107. The zero-order valence-corrected chi connectivity index (χ0v) is 15.1. The van der Waals surface area contributed by atoms with E-state index in [-0.39, 0.29) is 11.6 Å². The van der Waals surface area contributed by atoms with E-state index in [2.05, 4.69) is 66.3 Å². The van der Waals surface area contributed by atoms with Crippen LogP contribution in [0.1, 0.15) is 58.1 Å². The van der Waals surface area contributed by atoms with Crippen molar-refractivity contribution in [3.8, 4) is 0 Å². The van der Waals surface area contributed by atoms with E-state index in [0.717, 1.165) is 23.5 Å². The Kier molecular flexibility index (Phi) is 6.27. The number of benzene rings is 1. The summed E-state index contributed by atoms with van der Waals surface area (Å²) in [5, 5.41) is 3.58. The van der Waals surface area contributed by atoms with Crippen LogP contribution in [-0.2, 0) is 4.74 Å². The Morgan fingerprint density at radius 1 is 1.24 bits per heavy atom. The Morgan fingerprint density at radius 3 is 2.52 bits per heavy atom. The second kappa shape index (κ2) is 7.75. The van der Waals surface area contributed by atoms with Crippen LogP contribution in [0.4, 0.5) is 0 Å². The van der Waals surface area contributed by atoms with E-state index in [4.69, 9.17) is 4.74 Å². The highest BCUT2D eigenvalue weighted by Crippen LogP contribution is 2.30. The van der Waals surface area contributed by atoms with Gasteiger partial charge in [-0.15, -0.1) is 0 Å². The highest BCUT2D eigenvalue weighted by Gasteiger charge is 2.21. The second-order valence-electron chi connectivity index (χ2n) is 7.12. The molecule has 1 aromatic rings. The summed E-state index contributed by atoms with van der Waals surface area (Å²) in [5.41, 5.74) is 1.35. The monoisotopic (exact) mass is 353 g/mol. The molecule has 21 heavy (non-hydrogen) atoms. The summed E-state index contributed by atoms with van der Waals surface area (Å²) >= 11 is 3.66. The average Bonchev–Trinajstić information content (AvgIpc) is 2.92. The second-order valence-corrected chi connectivity index (χ2v) is 7.98. The first-order chi connectivity index (χ1) is 9.96. The van der Waals surface area contributed by atoms with Crippen molar-refractivity contribution in [3.05, 3.63) is 34.3 Å². The standard InChI is InChI=1S/C18H28BrNO/c1-18(2,3)20-12-17(15-10-6-7-11-16(15)19)21-13-14-8-4-5-9-14/h6-7,10-11,14,17,20H,4-5,8-9,12-13H2,1-3H3. The van der Waals surface area contributed by atoms with E-state index in [0.29, 0.717) is 0 Å². The summed E-state index contributed by atoms with van der Waals surface area (Å²) < 4.78 is 7.43. The highest BCUT2D eigenvalue weighted by molar-refractivity contribution is 9.10. The molecule has 0 saturated heterocycles. The number of ether oxygens (including phenoxy) is 1. The summed E-state index contributed by atoms with van der Waals surface area (Å²) in [6.45, 7) is 8.32. The van der Waals surface area contributed by atoms with Gasteiger partial charge in [-0.2, -0.15) is 0 Å². The summed E-state index contributed by atoms with van der Waals surface area (Å²) in [6.07, 6.45) is 5.51. The molecule has 2 rings (SSSR count). The minimum Gasteiger partial charge on any atom is -0.372 e. The van der Waals surface area contributed by atoms with Gasteiger partial charge in [0.05, 0.1) is 12.7 Å². The van der Waals surface area contributed by atoms with Gasteiger partial charge in [-0.1, -0.05) is 47.0 Å². The molecule has 0 radical (unpaired) electrons. The van der Waals surface area contributed by atoms with E-state index in [1.807, 2.05) is 0 Å². The number of rotatable bonds is 6. The molecular formula is C18H28BrNO. The predicted molar refractivity (Wildman–Crippen MR) is 92.5 cm³/mol. The average molecular weight is 354 g/mol. The molecule has 1 aromatic carbocycles. The lowest BCUT2D eigenvalue weighted by molar-refractivity contribution is 0.0256. The maximum absolute atomic E-state index is 6.30. The Hall–Kier alpha value is -0.380. The topological polar surface area (TPSA) is 21.3 Å². The smallest absolute Gasteiger partial charge is 0.0960 e. The maximum Gasteiger partial charge on any atom is 0.0960 e. The van der Waals surface area contributed by atoms with Gasteiger partial charge >= 0.3 is 0 Å². The Balaban J connectivity index is 2.00. The lowest BCUT2D eigenvalue weighted by Gasteiger charge is -2.27. The Labute approximate surface area is 137 Å². The van der Waals surface area contributed by atoms with Gasteiger partial charge in [0.2, 0.25) is 0 Å². The first-order valence-electron chi connectivity index (χ1n) is 8.07. The molecule has 2 nitrogen and oxygen atoms in total. The fourth-order valence-corrected chi connectivity index (χ4v) is 3.36. The molecule has 0 aliphatic heterocycles. The minimum absolute atomic E-state index is 0.107. The van der Waals surface area contributed by atoms with Gasteiger partial charge in [0, 0.05) is 16.6 Å². The number of halogens is 1. The highest BCUT2D eigenvalue weighted by atomic mass is 79.9. The van der Waals surface area contributed by atoms with Crippen LogP contribution >= 0.6 is 15.9 Å². The molecule has 1 N–H and O–H groups in total. The van der Waals surface area contributed by atoms with E-state index in [1.54, 1.807) is 0 Å². The van der Waals surface area contributed by atoms with Crippen molar-refractivity contribution in [2.75, 3.05) is 13.2 Å². The van der Waals surface area contributed by atoms with Gasteiger partial charge in [-0.25, -0.2) is 0 Å². The molecule has 0 bridgehead atoms. The van der Waals surface area contributed by atoms with Gasteiger partial charge in [0.1, 0.15) is 0 Å². The Bertz CT molecular complexity index is 435. The van der Waals surface area contributed by atoms with Gasteiger partial charge in [0.25, 0.3) is 0 Å². The zero-order valence-electron chi connectivity index (χ0n) is 13.5. The first kappa shape index (κ1) is 17.0. The SMILES string of the molecule is CC(C)(C)NCC(OCC1CCCC1)c1ccccc1Br. The van der Waals surface area contributed by atoms with Crippen molar-refractivity contribution in [1.82, 2.24) is 5.32 Å². The first-order valence-corrected chi connectivity index (χ1v) is 8.86. The quantitative estimate of drug-likeness (QED) is 0.769. The zero-order chi connectivity index (χ0) is 15.3. The van der Waals surface area contributed by atoms with Crippen molar-refractivity contribution in [2.45, 2.75) is 58.1 Å². The van der Waals surface area contributed by atoms with Crippen molar-refractivity contribution in [3.63, 3.8) is 0 Å². The van der Waals surface area contributed by atoms with Crippen LogP contribution in [0.5, 0.6) is 0 Å². The van der Waals surface area contributed by atoms with Gasteiger partial charge in [-0.3, -0.25) is 0 Å². The van der Waals surface area contributed by atoms with Crippen LogP contribution in [0.25, 0.3) is 0 Å². The molecule has 118 valence electrons. The molecule has 0 aromatic heterocycles. The van der Waals surface area contributed by atoms with E-state index in [9.17, 15) is 0 Å². The van der Waals surface area contributed by atoms with Crippen molar-refractivity contribution in [1.29, 1.82) is 0 Å².